The van der Waals surface area contributed by atoms with E-state index in [0.29, 0.717) is 22.3 Å². The quantitative estimate of drug-likeness (QED) is 0.585. The summed E-state index contributed by atoms with van der Waals surface area (Å²) in [6.45, 7) is 6.69. The van der Waals surface area contributed by atoms with Crippen LogP contribution in [0.2, 0.25) is 0 Å². The molecule has 28 heavy (non-hydrogen) atoms. The first-order valence-corrected chi connectivity index (χ1v) is 8.87. The summed E-state index contributed by atoms with van der Waals surface area (Å²) < 4.78 is 27.0. The Morgan fingerprint density at radius 2 is 1.79 bits per heavy atom. The maximum absolute atomic E-state index is 13.5. The molecule has 0 spiro atoms. The van der Waals surface area contributed by atoms with Crippen LogP contribution in [0.5, 0.6) is 0 Å². The van der Waals surface area contributed by atoms with Crippen molar-refractivity contribution >= 4 is 11.8 Å². The van der Waals surface area contributed by atoms with Crippen LogP contribution in [-0.4, -0.2) is 27.6 Å². The van der Waals surface area contributed by atoms with Crippen LogP contribution in [0.25, 0.3) is 0 Å². The Hall–Kier alpha value is -2.60. The Kier molecular flexibility index (Phi) is 6.04. The summed E-state index contributed by atoms with van der Waals surface area (Å²) in [4.78, 5) is 23.5. The Morgan fingerprint density at radius 1 is 1.21 bits per heavy atom. The highest BCUT2D eigenvalue weighted by atomic mass is 19.1. The SMILES string of the molecule is CC1=C(Cc2cc(F)cc(F)c2)C(=O)CC(C)(C)[C@]1(O)/C=C/C(C)=C\C(=O)O. The fourth-order valence-corrected chi connectivity index (χ4v) is 3.58. The molecule has 6 heteroatoms. The van der Waals surface area contributed by atoms with E-state index in [1.54, 1.807) is 27.7 Å². The molecule has 1 atom stereocenters. The van der Waals surface area contributed by atoms with Crippen LogP contribution in [-0.2, 0) is 16.0 Å². The number of aliphatic hydroxyl groups is 1. The lowest BCUT2D eigenvalue weighted by Gasteiger charge is -2.45. The molecule has 0 unspecified atom stereocenters. The summed E-state index contributed by atoms with van der Waals surface area (Å²) in [5.74, 6) is -2.76. The van der Waals surface area contributed by atoms with E-state index in [9.17, 15) is 23.5 Å². The minimum absolute atomic E-state index is 0.00444. The van der Waals surface area contributed by atoms with E-state index < -0.39 is 28.6 Å². The van der Waals surface area contributed by atoms with E-state index in [1.807, 2.05) is 0 Å². The van der Waals surface area contributed by atoms with Gasteiger partial charge in [0.05, 0.1) is 0 Å². The minimum atomic E-state index is -1.52. The molecule has 0 aliphatic heterocycles. The van der Waals surface area contributed by atoms with Gasteiger partial charge in [0, 0.05) is 36.0 Å². The van der Waals surface area contributed by atoms with Gasteiger partial charge in [-0.3, -0.25) is 4.79 Å². The van der Waals surface area contributed by atoms with Crippen molar-refractivity contribution in [3.63, 3.8) is 0 Å². The van der Waals surface area contributed by atoms with Crippen molar-refractivity contribution in [2.75, 3.05) is 0 Å². The Labute approximate surface area is 162 Å². The maximum atomic E-state index is 13.5. The number of hydrogen-bond donors (Lipinski definition) is 2. The first-order chi connectivity index (χ1) is 12.9. The molecule has 0 aromatic heterocycles. The second kappa shape index (κ2) is 7.80. The number of ketones is 1. The van der Waals surface area contributed by atoms with Crippen molar-refractivity contribution in [2.24, 2.45) is 5.41 Å². The van der Waals surface area contributed by atoms with Gasteiger partial charge in [-0.05, 0) is 48.8 Å². The summed E-state index contributed by atoms with van der Waals surface area (Å²) in [7, 11) is 0. The molecule has 0 radical (unpaired) electrons. The van der Waals surface area contributed by atoms with Gasteiger partial charge >= 0.3 is 5.97 Å². The lowest BCUT2D eigenvalue weighted by atomic mass is 9.62. The molecule has 1 aliphatic carbocycles. The predicted molar refractivity (Wildman–Crippen MR) is 102 cm³/mol. The number of allylic oxidation sites excluding steroid dienone is 3. The molecular formula is C22H24F2O4. The number of carboxylic acids is 1. The Balaban J connectivity index is 2.52. The van der Waals surface area contributed by atoms with Crippen LogP contribution in [0.1, 0.15) is 39.7 Å². The smallest absolute Gasteiger partial charge is 0.328 e. The van der Waals surface area contributed by atoms with Crippen molar-refractivity contribution in [1.82, 2.24) is 0 Å². The van der Waals surface area contributed by atoms with E-state index in [1.165, 1.54) is 12.2 Å². The minimum Gasteiger partial charge on any atom is -0.478 e. The number of hydrogen-bond acceptors (Lipinski definition) is 3. The largest absolute Gasteiger partial charge is 0.478 e. The number of carbonyl (C=O) groups excluding carboxylic acids is 1. The van der Waals surface area contributed by atoms with Gasteiger partial charge in [-0.15, -0.1) is 0 Å². The fraction of sp³-hybridized carbons (Fsp3) is 0.364. The standard InChI is InChI=1S/C22H24F2O4/c1-13(7-20(26)27)5-6-22(28)14(2)18(19(25)12-21(22,3)4)10-15-8-16(23)11-17(24)9-15/h5-9,11,28H,10,12H2,1-4H3,(H,26,27)/b6-5+,13-7-/t22-/m0/s1. The molecular weight excluding hydrogens is 366 g/mol. The topological polar surface area (TPSA) is 74.6 Å². The van der Waals surface area contributed by atoms with Crippen molar-refractivity contribution in [3.05, 3.63) is 70.3 Å². The molecule has 2 rings (SSSR count). The molecule has 1 aromatic rings. The first kappa shape index (κ1) is 21.7. The van der Waals surface area contributed by atoms with Gasteiger partial charge in [0.2, 0.25) is 0 Å². The van der Waals surface area contributed by atoms with Gasteiger partial charge < -0.3 is 10.2 Å². The van der Waals surface area contributed by atoms with Crippen molar-refractivity contribution < 1.29 is 28.6 Å². The normalized spacial score (nSPS) is 22.8. The summed E-state index contributed by atoms with van der Waals surface area (Å²) in [6, 6.07) is 3.07. The van der Waals surface area contributed by atoms with Crippen LogP contribution in [0.15, 0.2) is 53.1 Å². The third-order valence-electron chi connectivity index (χ3n) is 5.24. The summed E-state index contributed by atoms with van der Waals surface area (Å²) >= 11 is 0. The Morgan fingerprint density at radius 3 is 2.32 bits per heavy atom. The molecule has 0 amide bonds. The zero-order chi connectivity index (χ0) is 21.3. The average Bonchev–Trinajstić information content (AvgIpc) is 2.53. The van der Waals surface area contributed by atoms with E-state index in [4.69, 9.17) is 5.11 Å². The molecule has 1 aliphatic rings. The van der Waals surface area contributed by atoms with Gasteiger partial charge in [-0.25, -0.2) is 13.6 Å². The second-order valence-corrected chi connectivity index (χ2v) is 7.87. The number of halogens is 2. The average molecular weight is 390 g/mol. The number of carboxylic acid groups (broad SMARTS) is 1. The monoisotopic (exact) mass is 390 g/mol. The zero-order valence-corrected chi connectivity index (χ0v) is 16.3. The van der Waals surface area contributed by atoms with Crippen molar-refractivity contribution in [3.8, 4) is 0 Å². The molecule has 4 nitrogen and oxygen atoms in total. The summed E-state index contributed by atoms with van der Waals surface area (Å²) in [5.41, 5.74) is -0.946. The molecule has 0 fully saturated rings. The lowest BCUT2D eigenvalue weighted by molar-refractivity contribution is -0.131. The molecule has 150 valence electrons. The number of Topliss-reactive ketones (excluding diaryl/α,β-unsaturated/α-hetero) is 1. The Bertz CT molecular complexity index is 889. The summed E-state index contributed by atoms with van der Waals surface area (Å²) in [5, 5.41) is 20.2. The zero-order valence-electron chi connectivity index (χ0n) is 16.3. The van der Waals surface area contributed by atoms with Gasteiger partial charge in [-0.2, -0.15) is 0 Å². The number of benzene rings is 1. The lowest BCUT2D eigenvalue weighted by Crippen LogP contribution is -2.49. The van der Waals surface area contributed by atoms with Crippen LogP contribution >= 0.6 is 0 Å². The number of carbonyl (C=O) groups is 2. The third kappa shape index (κ3) is 4.44. The van der Waals surface area contributed by atoms with Gasteiger partial charge in [0.1, 0.15) is 17.2 Å². The maximum Gasteiger partial charge on any atom is 0.328 e. The molecule has 0 heterocycles. The molecule has 0 saturated heterocycles. The molecule has 1 aromatic carbocycles. The van der Waals surface area contributed by atoms with E-state index in [0.717, 1.165) is 24.3 Å². The highest BCUT2D eigenvalue weighted by Crippen LogP contribution is 2.47. The van der Waals surface area contributed by atoms with Gasteiger partial charge in [-0.1, -0.05) is 19.9 Å². The molecule has 2 N–H and O–H groups in total. The van der Waals surface area contributed by atoms with Crippen molar-refractivity contribution in [1.29, 1.82) is 0 Å². The predicted octanol–water partition coefficient (Wildman–Crippen LogP) is 4.14. The molecule has 0 bridgehead atoms. The van der Waals surface area contributed by atoms with E-state index >= 15 is 0 Å². The van der Waals surface area contributed by atoms with E-state index in [-0.39, 0.29) is 18.6 Å². The van der Waals surface area contributed by atoms with Crippen LogP contribution in [0, 0.1) is 17.0 Å². The van der Waals surface area contributed by atoms with E-state index in [2.05, 4.69) is 0 Å². The number of rotatable bonds is 5. The van der Waals surface area contributed by atoms with Crippen molar-refractivity contribution in [2.45, 2.75) is 46.1 Å². The van der Waals surface area contributed by atoms with Gasteiger partial charge in [0.25, 0.3) is 0 Å². The second-order valence-electron chi connectivity index (χ2n) is 7.87. The van der Waals surface area contributed by atoms with Crippen LogP contribution in [0.4, 0.5) is 8.78 Å². The highest BCUT2D eigenvalue weighted by Gasteiger charge is 2.49. The van der Waals surface area contributed by atoms with Gasteiger partial charge in [0.15, 0.2) is 5.78 Å². The highest BCUT2D eigenvalue weighted by molar-refractivity contribution is 5.98. The number of aliphatic carboxylic acids is 1. The summed E-state index contributed by atoms with van der Waals surface area (Å²) in [6.07, 6.45) is 4.02. The fourth-order valence-electron chi connectivity index (χ4n) is 3.58. The van der Waals surface area contributed by atoms with Crippen LogP contribution in [0.3, 0.4) is 0 Å². The van der Waals surface area contributed by atoms with Crippen LogP contribution < -0.4 is 0 Å². The molecule has 0 saturated carbocycles. The first-order valence-electron chi connectivity index (χ1n) is 8.87. The third-order valence-corrected chi connectivity index (χ3v) is 5.24.